The second kappa shape index (κ2) is 5.64. The molecule has 2 heterocycles. The Bertz CT molecular complexity index is 617. The summed E-state index contributed by atoms with van der Waals surface area (Å²) < 4.78 is 7.01. The molecule has 0 aliphatic carbocycles. The van der Waals surface area contributed by atoms with Crippen LogP contribution in [0.4, 0.5) is 0 Å². The number of thiazole rings is 1. The second-order valence-electron chi connectivity index (χ2n) is 4.00. The highest BCUT2D eigenvalue weighted by molar-refractivity contribution is 7.07. The van der Waals surface area contributed by atoms with Crippen molar-refractivity contribution in [2.75, 3.05) is 6.54 Å². The first-order valence-corrected chi connectivity index (χ1v) is 6.44. The van der Waals surface area contributed by atoms with Gasteiger partial charge >= 0.3 is 0 Å². The van der Waals surface area contributed by atoms with Gasteiger partial charge in [0, 0.05) is 5.38 Å². The zero-order valence-electron chi connectivity index (χ0n) is 10.5. The van der Waals surface area contributed by atoms with Gasteiger partial charge in [0.1, 0.15) is 5.76 Å². The Kier molecular flexibility index (Phi) is 3.94. The minimum atomic E-state index is 0.621. The number of aromatic nitrogens is 1. The van der Waals surface area contributed by atoms with E-state index in [0.717, 1.165) is 21.8 Å². The van der Waals surface area contributed by atoms with E-state index in [9.17, 15) is 0 Å². The average Bonchev–Trinajstić information content (AvgIpc) is 2.94. The predicted octanol–water partition coefficient (Wildman–Crippen LogP) is 2.81. The van der Waals surface area contributed by atoms with Crippen molar-refractivity contribution in [1.82, 2.24) is 4.68 Å². The quantitative estimate of drug-likeness (QED) is 0.616. The molecule has 0 radical (unpaired) electrons. The van der Waals surface area contributed by atoms with Crippen LogP contribution in [0.15, 0.2) is 50.4 Å². The Morgan fingerprint density at radius 2 is 2.44 bits per heavy atom. The molecule has 18 heavy (non-hydrogen) atoms. The van der Waals surface area contributed by atoms with E-state index >= 15 is 0 Å². The second-order valence-corrected chi connectivity index (χ2v) is 4.84. The van der Waals surface area contributed by atoms with Gasteiger partial charge in [-0.15, -0.1) is 11.3 Å². The molecule has 0 aliphatic rings. The zero-order chi connectivity index (χ0) is 13.0. The van der Waals surface area contributed by atoms with Gasteiger partial charge in [0.2, 0.25) is 4.80 Å². The van der Waals surface area contributed by atoms with Crippen molar-refractivity contribution in [1.29, 1.82) is 0 Å². The van der Waals surface area contributed by atoms with Crippen molar-refractivity contribution in [3.8, 4) is 0 Å². The maximum atomic E-state index is 5.21. The molecule has 0 spiro atoms. The van der Waals surface area contributed by atoms with Gasteiger partial charge in [-0.05, 0) is 26.0 Å². The molecular weight excluding hydrogens is 246 g/mol. The van der Waals surface area contributed by atoms with Crippen LogP contribution in [0.5, 0.6) is 0 Å². The van der Waals surface area contributed by atoms with Crippen molar-refractivity contribution in [2.45, 2.75) is 13.8 Å². The van der Waals surface area contributed by atoms with Crippen LogP contribution in [0.25, 0.3) is 0 Å². The summed E-state index contributed by atoms with van der Waals surface area (Å²) in [6.07, 6.45) is 3.30. The molecular formula is C13H15N3OS. The molecule has 2 aromatic heterocycles. The minimum absolute atomic E-state index is 0.621. The van der Waals surface area contributed by atoms with Crippen molar-refractivity contribution in [2.24, 2.45) is 10.1 Å². The first kappa shape index (κ1) is 12.6. The monoisotopic (exact) mass is 261 g/mol. The average molecular weight is 261 g/mol. The highest BCUT2D eigenvalue weighted by Gasteiger charge is 1.99. The smallest absolute Gasteiger partial charge is 0.206 e. The molecule has 0 atom stereocenters. The lowest BCUT2D eigenvalue weighted by Gasteiger charge is -1.96. The molecule has 0 aromatic carbocycles. The largest absolute Gasteiger partial charge is 0.463 e. The molecule has 0 fully saturated rings. The first-order valence-electron chi connectivity index (χ1n) is 5.56. The highest BCUT2D eigenvalue weighted by atomic mass is 32.1. The summed E-state index contributed by atoms with van der Waals surface area (Å²) >= 11 is 1.57. The van der Waals surface area contributed by atoms with Crippen molar-refractivity contribution >= 4 is 17.6 Å². The van der Waals surface area contributed by atoms with E-state index < -0.39 is 0 Å². The van der Waals surface area contributed by atoms with Gasteiger partial charge in [0.25, 0.3) is 0 Å². The summed E-state index contributed by atoms with van der Waals surface area (Å²) in [6, 6.07) is 3.69. The Balaban J connectivity index is 2.30. The molecule has 0 N–H and O–H groups in total. The standard InChI is InChI=1S/C13H15N3OS/c1-10(2)7-14-13-16(11(3)9-18-13)15-8-12-5-4-6-17-12/h4-6,8-9H,1,7H2,2-3H3. The summed E-state index contributed by atoms with van der Waals surface area (Å²) in [5.74, 6) is 0.721. The van der Waals surface area contributed by atoms with Gasteiger partial charge in [-0.3, -0.25) is 4.99 Å². The number of hydrogen-bond acceptors (Lipinski definition) is 4. The number of aryl methyl sites for hydroxylation is 1. The van der Waals surface area contributed by atoms with Gasteiger partial charge in [-0.1, -0.05) is 12.2 Å². The fraction of sp³-hybridized carbons (Fsp3) is 0.231. The molecule has 2 rings (SSSR count). The summed E-state index contributed by atoms with van der Waals surface area (Å²) in [5, 5.41) is 6.40. The zero-order valence-corrected chi connectivity index (χ0v) is 11.3. The van der Waals surface area contributed by atoms with E-state index in [0.29, 0.717) is 6.54 Å². The van der Waals surface area contributed by atoms with E-state index in [-0.39, 0.29) is 0 Å². The third-order valence-electron chi connectivity index (χ3n) is 2.18. The van der Waals surface area contributed by atoms with Crippen LogP contribution < -0.4 is 4.80 Å². The minimum Gasteiger partial charge on any atom is -0.463 e. The lowest BCUT2D eigenvalue weighted by molar-refractivity contribution is 0.559. The number of rotatable bonds is 4. The van der Waals surface area contributed by atoms with Crippen LogP contribution in [0.1, 0.15) is 18.4 Å². The lowest BCUT2D eigenvalue weighted by Crippen LogP contribution is -2.12. The molecule has 0 amide bonds. The van der Waals surface area contributed by atoms with Crippen LogP contribution in [0.2, 0.25) is 0 Å². The summed E-state index contributed by atoms with van der Waals surface area (Å²) in [5.41, 5.74) is 2.07. The maximum absolute atomic E-state index is 5.21. The van der Waals surface area contributed by atoms with Gasteiger partial charge in [-0.2, -0.15) is 5.10 Å². The van der Waals surface area contributed by atoms with Gasteiger partial charge in [0.15, 0.2) is 0 Å². The summed E-state index contributed by atoms with van der Waals surface area (Å²) in [7, 11) is 0. The SMILES string of the molecule is C=C(C)CN=c1scc(C)n1N=Cc1ccco1. The topological polar surface area (TPSA) is 42.8 Å². The third kappa shape index (κ3) is 3.07. The van der Waals surface area contributed by atoms with Crippen LogP contribution in [0, 0.1) is 6.92 Å². The highest BCUT2D eigenvalue weighted by Crippen LogP contribution is 2.01. The van der Waals surface area contributed by atoms with Crippen LogP contribution in [0.3, 0.4) is 0 Å². The third-order valence-corrected chi connectivity index (χ3v) is 3.15. The summed E-state index contributed by atoms with van der Waals surface area (Å²) in [6.45, 7) is 8.42. The Hall–Kier alpha value is -1.88. The maximum Gasteiger partial charge on any atom is 0.206 e. The molecule has 0 saturated carbocycles. The lowest BCUT2D eigenvalue weighted by atomic mass is 10.4. The molecule has 2 aromatic rings. The molecule has 0 unspecified atom stereocenters. The predicted molar refractivity (Wildman–Crippen MR) is 74.0 cm³/mol. The van der Waals surface area contributed by atoms with E-state index in [4.69, 9.17) is 4.42 Å². The van der Waals surface area contributed by atoms with E-state index in [1.54, 1.807) is 28.5 Å². The summed E-state index contributed by atoms with van der Waals surface area (Å²) in [4.78, 5) is 5.32. The molecule has 0 saturated heterocycles. The normalized spacial score (nSPS) is 12.4. The van der Waals surface area contributed by atoms with E-state index in [1.165, 1.54) is 0 Å². The number of nitrogens with zero attached hydrogens (tertiary/aromatic N) is 3. The van der Waals surface area contributed by atoms with Gasteiger partial charge < -0.3 is 4.42 Å². The first-order chi connectivity index (χ1) is 8.66. The molecule has 0 aliphatic heterocycles. The van der Waals surface area contributed by atoms with Crippen LogP contribution >= 0.6 is 11.3 Å². The van der Waals surface area contributed by atoms with Crippen molar-refractivity contribution < 1.29 is 4.42 Å². The van der Waals surface area contributed by atoms with Crippen molar-refractivity contribution in [3.05, 3.63) is 52.2 Å². The van der Waals surface area contributed by atoms with Crippen LogP contribution in [-0.4, -0.2) is 17.4 Å². The Labute approximate surface area is 110 Å². The van der Waals surface area contributed by atoms with E-state index in [2.05, 4.69) is 16.7 Å². The molecule has 0 bridgehead atoms. The van der Waals surface area contributed by atoms with Crippen molar-refractivity contribution in [3.63, 3.8) is 0 Å². The molecule has 5 heteroatoms. The van der Waals surface area contributed by atoms with Gasteiger partial charge in [0.05, 0.1) is 24.7 Å². The fourth-order valence-corrected chi connectivity index (χ4v) is 2.12. The number of furan rings is 1. The Morgan fingerprint density at radius 3 is 3.11 bits per heavy atom. The fourth-order valence-electron chi connectivity index (χ4n) is 1.32. The molecule has 94 valence electrons. The van der Waals surface area contributed by atoms with E-state index in [1.807, 2.05) is 31.4 Å². The number of hydrogen-bond donors (Lipinski definition) is 0. The van der Waals surface area contributed by atoms with Gasteiger partial charge in [-0.25, -0.2) is 4.68 Å². The molecule has 4 nitrogen and oxygen atoms in total. The Morgan fingerprint density at radius 1 is 1.61 bits per heavy atom. The van der Waals surface area contributed by atoms with Crippen LogP contribution in [-0.2, 0) is 0 Å².